The number of carbonyl (C=O) groups is 3. The van der Waals surface area contributed by atoms with Gasteiger partial charge in [0.05, 0.1) is 23.9 Å². The van der Waals surface area contributed by atoms with Gasteiger partial charge >= 0.3 is 5.97 Å². The molecule has 0 N–H and O–H groups in total. The number of anilines is 1. The molecule has 2 aliphatic carbocycles. The third kappa shape index (κ3) is 3.14. The van der Waals surface area contributed by atoms with Crippen molar-refractivity contribution in [3.05, 3.63) is 60.2 Å². The van der Waals surface area contributed by atoms with Crippen LogP contribution in [-0.2, 0) is 20.8 Å². The molecule has 2 saturated carbocycles. The lowest BCUT2D eigenvalue weighted by Gasteiger charge is -2.28. The number of amides is 2. The Hall–Kier alpha value is -1.99. The van der Waals surface area contributed by atoms with Gasteiger partial charge in [0.25, 0.3) is 0 Å². The molecule has 5 rings (SSSR count). The molecule has 3 aliphatic rings. The van der Waals surface area contributed by atoms with Crippen LogP contribution in [0.1, 0.15) is 12.0 Å². The smallest absolute Gasteiger partial charge is 0.315 e. The van der Waals surface area contributed by atoms with Crippen molar-refractivity contribution in [2.24, 2.45) is 23.7 Å². The number of imide groups is 1. The minimum Gasteiger partial charge on any atom is -0.426 e. The van der Waals surface area contributed by atoms with Gasteiger partial charge in [-0.3, -0.25) is 14.4 Å². The van der Waals surface area contributed by atoms with Gasteiger partial charge in [-0.25, -0.2) is 4.90 Å². The quantitative estimate of drug-likeness (QED) is 0.257. The van der Waals surface area contributed by atoms with Gasteiger partial charge in [-0.15, -0.1) is 0 Å². The summed E-state index contributed by atoms with van der Waals surface area (Å²) in [6.07, 6.45) is 1.04. The van der Waals surface area contributed by atoms with Gasteiger partial charge in [0.2, 0.25) is 11.8 Å². The first-order valence-electron chi connectivity index (χ1n) is 9.96. The van der Waals surface area contributed by atoms with Crippen LogP contribution in [0.5, 0.6) is 5.75 Å². The van der Waals surface area contributed by atoms with E-state index in [9.17, 15) is 14.4 Å². The van der Waals surface area contributed by atoms with Crippen molar-refractivity contribution in [2.75, 3.05) is 4.90 Å². The summed E-state index contributed by atoms with van der Waals surface area (Å²) in [5.74, 6) is -0.573. The number of fused-ring (bicyclic) bond motifs is 5. The van der Waals surface area contributed by atoms with Crippen molar-refractivity contribution in [3.8, 4) is 5.75 Å². The number of hydrogen-bond donors (Lipinski definition) is 0. The molecule has 0 radical (unpaired) electrons. The van der Waals surface area contributed by atoms with Gasteiger partial charge in [-0.2, -0.15) is 0 Å². The molecule has 2 bridgehead atoms. The average molecular weight is 533 g/mol. The second-order valence-electron chi connectivity index (χ2n) is 8.15. The molecule has 2 aromatic carbocycles. The zero-order valence-corrected chi connectivity index (χ0v) is 19.1. The summed E-state index contributed by atoms with van der Waals surface area (Å²) >= 11 is 7.40. The van der Waals surface area contributed by atoms with Crippen LogP contribution in [-0.4, -0.2) is 27.4 Å². The van der Waals surface area contributed by atoms with E-state index in [4.69, 9.17) is 4.74 Å². The number of carbonyl (C=O) groups excluding carboxylic acids is 3. The monoisotopic (exact) mass is 531 g/mol. The lowest BCUT2D eigenvalue weighted by Crippen LogP contribution is -2.37. The molecular weight excluding hydrogens is 514 g/mol. The molecule has 0 aromatic heterocycles. The second kappa shape index (κ2) is 7.61. The number of benzene rings is 2. The van der Waals surface area contributed by atoms with E-state index < -0.39 is 5.97 Å². The predicted molar refractivity (Wildman–Crippen MR) is 119 cm³/mol. The first kappa shape index (κ1) is 19.9. The molecule has 5 nitrogen and oxygen atoms in total. The maximum absolute atomic E-state index is 13.2. The lowest BCUT2D eigenvalue weighted by atomic mass is 9.81. The minimum absolute atomic E-state index is 0.144. The standard InChI is InChI=1S/C23H19Br2NO4/c24-20-15-11-16(21(20)25)19-18(15)22(28)26(23(19)29)13-7-4-8-14(10-13)30-17(27)9-12-5-2-1-3-6-12/h1-8,10,15-16,18-21H,9,11H2/t15-,16-,18-,19+,20+,21+/m1/s1. The topological polar surface area (TPSA) is 63.7 Å². The Bertz CT molecular complexity index is 995. The van der Waals surface area contributed by atoms with Crippen molar-refractivity contribution in [1.29, 1.82) is 0 Å². The summed E-state index contributed by atoms with van der Waals surface area (Å²) in [4.78, 5) is 40.3. The normalized spacial score (nSPS) is 31.9. The van der Waals surface area contributed by atoms with Crippen molar-refractivity contribution >= 4 is 55.3 Å². The van der Waals surface area contributed by atoms with Crippen molar-refractivity contribution in [2.45, 2.75) is 22.5 Å². The molecule has 1 aliphatic heterocycles. The second-order valence-corrected chi connectivity index (χ2v) is 10.3. The van der Waals surface area contributed by atoms with Crippen LogP contribution in [0.3, 0.4) is 0 Å². The van der Waals surface area contributed by atoms with Crippen LogP contribution in [0.2, 0.25) is 0 Å². The SMILES string of the molecule is O=C(Cc1ccccc1)Oc1cccc(N2C(=O)[C@@H]3[C@H]4C[C@@H]([C@H](Br)[C@H]4Br)[C@@H]3C2=O)c1. The summed E-state index contributed by atoms with van der Waals surface area (Å²) in [6, 6.07) is 16.0. The van der Waals surface area contributed by atoms with Crippen molar-refractivity contribution in [1.82, 2.24) is 0 Å². The highest BCUT2D eigenvalue weighted by Gasteiger charge is 2.66. The fourth-order valence-electron chi connectivity index (χ4n) is 5.22. The molecule has 6 atom stereocenters. The molecule has 7 heteroatoms. The highest BCUT2D eigenvalue weighted by Crippen LogP contribution is 2.60. The zero-order chi connectivity index (χ0) is 21.0. The Balaban J connectivity index is 1.35. The number of esters is 1. The van der Waals surface area contributed by atoms with E-state index in [1.54, 1.807) is 24.3 Å². The Morgan fingerprint density at radius 1 is 0.933 bits per heavy atom. The van der Waals surface area contributed by atoms with Crippen LogP contribution < -0.4 is 9.64 Å². The van der Waals surface area contributed by atoms with E-state index in [1.807, 2.05) is 30.3 Å². The zero-order valence-electron chi connectivity index (χ0n) is 15.9. The summed E-state index contributed by atoms with van der Waals surface area (Å²) < 4.78 is 5.47. The maximum atomic E-state index is 13.2. The fraction of sp³-hybridized carbons (Fsp3) is 0.348. The van der Waals surface area contributed by atoms with Crippen LogP contribution in [0.15, 0.2) is 54.6 Å². The Kier molecular flexibility index (Phi) is 5.06. The van der Waals surface area contributed by atoms with E-state index >= 15 is 0 Å². The fourth-order valence-corrected chi connectivity index (χ4v) is 7.09. The highest BCUT2D eigenvalue weighted by molar-refractivity contribution is 9.12. The molecule has 0 spiro atoms. The number of nitrogens with zero attached hydrogens (tertiary/aromatic N) is 1. The van der Waals surface area contributed by atoms with Gasteiger partial charge in [-0.1, -0.05) is 68.3 Å². The third-order valence-corrected chi connectivity index (χ3v) is 9.69. The van der Waals surface area contributed by atoms with Gasteiger partial charge in [0.1, 0.15) is 5.75 Å². The van der Waals surface area contributed by atoms with Gasteiger partial charge < -0.3 is 4.74 Å². The molecule has 0 unspecified atom stereocenters. The van der Waals surface area contributed by atoms with Gasteiger partial charge in [0, 0.05) is 15.7 Å². The summed E-state index contributed by atoms with van der Waals surface area (Å²) in [5, 5.41) is 0. The third-order valence-electron chi connectivity index (χ3n) is 6.49. The van der Waals surface area contributed by atoms with Crippen LogP contribution in [0.25, 0.3) is 0 Å². The van der Waals surface area contributed by atoms with Crippen LogP contribution in [0, 0.1) is 23.7 Å². The number of ether oxygens (including phenoxy) is 1. The Morgan fingerprint density at radius 2 is 1.57 bits per heavy atom. The minimum atomic E-state index is -0.392. The summed E-state index contributed by atoms with van der Waals surface area (Å²) in [7, 11) is 0. The molecular formula is C23H19Br2NO4. The van der Waals surface area contributed by atoms with Crippen molar-refractivity contribution in [3.63, 3.8) is 0 Å². The predicted octanol–water partition coefficient (Wildman–Crippen LogP) is 4.12. The molecule has 3 fully saturated rings. The molecule has 30 heavy (non-hydrogen) atoms. The molecule has 154 valence electrons. The number of halogens is 2. The van der Waals surface area contributed by atoms with E-state index in [1.165, 1.54) is 4.90 Å². The van der Waals surface area contributed by atoms with Crippen LogP contribution >= 0.6 is 31.9 Å². The number of rotatable bonds is 4. The summed E-state index contributed by atoms with van der Waals surface area (Å²) in [5.41, 5.74) is 1.32. The maximum Gasteiger partial charge on any atom is 0.315 e. The molecule has 2 amide bonds. The number of alkyl halides is 2. The highest BCUT2D eigenvalue weighted by atomic mass is 79.9. The van der Waals surface area contributed by atoms with Crippen molar-refractivity contribution < 1.29 is 19.1 Å². The lowest BCUT2D eigenvalue weighted by molar-refractivity contribution is -0.133. The summed E-state index contributed by atoms with van der Waals surface area (Å²) in [6.45, 7) is 0. The van der Waals surface area contributed by atoms with E-state index in [0.29, 0.717) is 11.4 Å². The van der Waals surface area contributed by atoms with E-state index in [0.717, 1.165) is 12.0 Å². The van der Waals surface area contributed by atoms with Gasteiger partial charge in [-0.05, 0) is 36.0 Å². The molecule has 1 saturated heterocycles. The first-order valence-corrected chi connectivity index (χ1v) is 11.8. The van der Waals surface area contributed by atoms with Crippen LogP contribution in [0.4, 0.5) is 5.69 Å². The first-order chi connectivity index (χ1) is 14.5. The van der Waals surface area contributed by atoms with E-state index in [2.05, 4.69) is 31.9 Å². The Labute approximate surface area is 191 Å². The van der Waals surface area contributed by atoms with E-state index in [-0.39, 0.29) is 51.6 Å². The molecule has 2 aromatic rings. The average Bonchev–Trinajstić information content (AvgIpc) is 3.33. The van der Waals surface area contributed by atoms with Gasteiger partial charge in [0.15, 0.2) is 0 Å². The largest absolute Gasteiger partial charge is 0.426 e. The Morgan fingerprint density at radius 3 is 2.20 bits per heavy atom. The molecule has 1 heterocycles. The number of hydrogen-bond acceptors (Lipinski definition) is 4.